The minimum atomic E-state index is -0.379. The van der Waals surface area contributed by atoms with Crippen molar-refractivity contribution in [2.24, 2.45) is 5.10 Å². The molecule has 116 valence electrons. The summed E-state index contributed by atoms with van der Waals surface area (Å²) in [7, 11) is 1.35. The summed E-state index contributed by atoms with van der Waals surface area (Å²) < 4.78 is 6.36. The number of carbonyl (C=O) groups excluding carboxylic acids is 1. The minimum absolute atomic E-state index is 0.283. The van der Waals surface area contributed by atoms with E-state index in [0.717, 1.165) is 17.5 Å². The standard InChI is InChI=1S/C18H16N2O3/c1-23-18(22)15-8-7-13-9-10-20(12-16(13)11-15)19-17(21)14-5-3-2-4-6-14/h2-8,11-12H,9-10H2,1H3. The molecule has 2 aromatic carbocycles. The predicted octanol–water partition coefficient (Wildman–Crippen LogP) is 1.18. The SMILES string of the molecule is COC(=O)c1ccc2c(c1)C=[N+](/N=C(\[O-])c1ccccc1)CC2. The van der Waals surface area contributed by atoms with Crippen LogP contribution >= 0.6 is 0 Å². The zero-order chi connectivity index (χ0) is 16.2. The molecule has 1 aliphatic rings. The van der Waals surface area contributed by atoms with Gasteiger partial charge in [0.2, 0.25) is 6.21 Å². The normalized spacial score (nSPS) is 14.0. The van der Waals surface area contributed by atoms with Crippen molar-refractivity contribution in [2.75, 3.05) is 13.7 Å². The summed E-state index contributed by atoms with van der Waals surface area (Å²) in [6.45, 7) is 0.628. The van der Waals surface area contributed by atoms with Crippen LogP contribution in [0.15, 0.2) is 53.6 Å². The Morgan fingerprint density at radius 1 is 1.17 bits per heavy atom. The monoisotopic (exact) mass is 308 g/mol. The minimum Gasteiger partial charge on any atom is -0.854 e. The molecule has 1 heterocycles. The molecule has 0 amide bonds. The third-order valence-corrected chi connectivity index (χ3v) is 3.71. The van der Waals surface area contributed by atoms with Crippen LogP contribution in [0.3, 0.4) is 0 Å². The van der Waals surface area contributed by atoms with Crippen LogP contribution in [-0.2, 0) is 11.2 Å². The van der Waals surface area contributed by atoms with E-state index in [1.807, 2.05) is 12.1 Å². The highest BCUT2D eigenvalue weighted by Crippen LogP contribution is 2.15. The molecule has 0 radical (unpaired) electrons. The van der Waals surface area contributed by atoms with Crippen LogP contribution in [-0.4, -0.2) is 36.4 Å². The number of methoxy groups -OCH3 is 1. The second-order valence-electron chi connectivity index (χ2n) is 5.22. The van der Waals surface area contributed by atoms with Gasteiger partial charge in [0.1, 0.15) is 0 Å². The highest BCUT2D eigenvalue weighted by atomic mass is 16.5. The first-order valence-electron chi connectivity index (χ1n) is 7.31. The smallest absolute Gasteiger partial charge is 0.337 e. The first-order valence-corrected chi connectivity index (χ1v) is 7.31. The van der Waals surface area contributed by atoms with Crippen molar-refractivity contribution in [3.63, 3.8) is 0 Å². The van der Waals surface area contributed by atoms with Crippen molar-refractivity contribution >= 4 is 18.1 Å². The van der Waals surface area contributed by atoms with Gasteiger partial charge in [-0.25, -0.2) is 4.79 Å². The summed E-state index contributed by atoms with van der Waals surface area (Å²) in [5.74, 6) is -0.662. The Bertz CT molecular complexity index is 795. The third kappa shape index (κ3) is 3.29. The number of benzene rings is 2. The van der Waals surface area contributed by atoms with Crippen LogP contribution in [0.1, 0.15) is 27.0 Å². The lowest BCUT2D eigenvalue weighted by atomic mass is 10.00. The number of ether oxygens (including phenoxy) is 1. The fraction of sp³-hybridized carbons (Fsp3) is 0.167. The number of esters is 1. The molecule has 3 rings (SSSR count). The Balaban J connectivity index is 1.92. The summed E-state index contributed by atoms with van der Waals surface area (Å²) in [4.78, 5) is 11.6. The van der Waals surface area contributed by atoms with Crippen LogP contribution in [0.25, 0.3) is 0 Å². The van der Waals surface area contributed by atoms with E-state index in [-0.39, 0.29) is 11.9 Å². The first-order chi connectivity index (χ1) is 11.2. The molecule has 0 aliphatic carbocycles. The summed E-state index contributed by atoms with van der Waals surface area (Å²) in [5, 5.41) is 16.3. The fourth-order valence-electron chi connectivity index (χ4n) is 2.48. The zero-order valence-electron chi connectivity index (χ0n) is 12.7. The summed E-state index contributed by atoms with van der Waals surface area (Å²) in [6.07, 6.45) is 2.55. The van der Waals surface area contributed by atoms with Gasteiger partial charge in [0.25, 0.3) is 0 Å². The van der Waals surface area contributed by atoms with Crippen LogP contribution in [0.4, 0.5) is 0 Å². The molecular formula is C18H16N2O3. The van der Waals surface area contributed by atoms with Crippen LogP contribution in [0.2, 0.25) is 0 Å². The molecule has 5 nitrogen and oxygen atoms in total. The molecule has 2 aromatic rings. The molecule has 0 N–H and O–H groups in total. The van der Waals surface area contributed by atoms with E-state index in [1.165, 1.54) is 7.11 Å². The van der Waals surface area contributed by atoms with Crippen LogP contribution in [0, 0.1) is 0 Å². The van der Waals surface area contributed by atoms with Gasteiger partial charge in [-0.15, -0.1) is 0 Å². The maximum atomic E-state index is 12.1. The quantitative estimate of drug-likeness (QED) is 0.370. The fourth-order valence-corrected chi connectivity index (χ4v) is 2.48. The lowest BCUT2D eigenvalue weighted by Crippen LogP contribution is -2.26. The molecule has 0 unspecified atom stereocenters. The molecule has 0 saturated carbocycles. The first kappa shape index (κ1) is 15.0. The Kier molecular flexibility index (Phi) is 4.19. The van der Waals surface area contributed by atoms with E-state index in [0.29, 0.717) is 17.7 Å². The van der Waals surface area contributed by atoms with Gasteiger partial charge >= 0.3 is 5.97 Å². The number of hydrogen-bond donors (Lipinski definition) is 0. The van der Waals surface area contributed by atoms with Crippen molar-refractivity contribution < 1.29 is 19.3 Å². The van der Waals surface area contributed by atoms with Gasteiger partial charge in [0.15, 0.2) is 6.54 Å². The second-order valence-corrected chi connectivity index (χ2v) is 5.22. The van der Waals surface area contributed by atoms with E-state index in [1.54, 1.807) is 47.3 Å². The lowest BCUT2D eigenvalue weighted by Gasteiger charge is -2.12. The van der Waals surface area contributed by atoms with Gasteiger partial charge in [-0.2, -0.15) is 0 Å². The largest absolute Gasteiger partial charge is 0.854 e. The van der Waals surface area contributed by atoms with Crippen molar-refractivity contribution in [2.45, 2.75) is 6.42 Å². The number of hydrazone groups is 1. The summed E-state index contributed by atoms with van der Waals surface area (Å²) >= 11 is 0. The number of rotatable bonds is 3. The lowest BCUT2D eigenvalue weighted by molar-refractivity contribution is -0.533. The van der Waals surface area contributed by atoms with Crippen molar-refractivity contribution in [3.05, 3.63) is 70.8 Å². The number of fused-ring (bicyclic) bond motifs is 1. The Labute approximate surface area is 134 Å². The number of carbonyl (C=O) groups is 1. The third-order valence-electron chi connectivity index (χ3n) is 3.71. The van der Waals surface area contributed by atoms with E-state index in [4.69, 9.17) is 4.74 Å². The van der Waals surface area contributed by atoms with Gasteiger partial charge in [-0.05, 0) is 28.4 Å². The summed E-state index contributed by atoms with van der Waals surface area (Å²) in [5.41, 5.74) is 3.04. The molecule has 5 heteroatoms. The van der Waals surface area contributed by atoms with Crippen molar-refractivity contribution in [1.82, 2.24) is 0 Å². The van der Waals surface area contributed by atoms with Gasteiger partial charge in [-0.3, -0.25) is 0 Å². The molecule has 23 heavy (non-hydrogen) atoms. The molecule has 0 saturated heterocycles. The molecule has 0 bridgehead atoms. The maximum absolute atomic E-state index is 12.1. The molecule has 0 fully saturated rings. The maximum Gasteiger partial charge on any atom is 0.337 e. The summed E-state index contributed by atoms with van der Waals surface area (Å²) in [6, 6.07) is 14.4. The number of hydrogen-bond acceptors (Lipinski definition) is 4. The van der Waals surface area contributed by atoms with Crippen LogP contribution < -0.4 is 5.11 Å². The van der Waals surface area contributed by atoms with E-state index in [9.17, 15) is 9.90 Å². The van der Waals surface area contributed by atoms with E-state index >= 15 is 0 Å². The molecule has 0 spiro atoms. The Hall–Kier alpha value is -2.95. The second kappa shape index (κ2) is 6.44. The molecular weight excluding hydrogens is 292 g/mol. The van der Waals surface area contributed by atoms with Gasteiger partial charge in [-0.1, -0.05) is 41.1 Å². The highest BCUT2D eigenvalue weighted by Gasteiger charge is 2.18. The highest BCUT2D eigenvalue weighted by molar-refractivity contribution is 5.93. The molecule has 0 aromatic heterocycles. The van der Waals surface area contributed by atoms with Crippen molar-refractivity contribution in [1.29, 1.82) is 0 Å². The van der Waals surface area contributed by atoms with Crippen LogP contribution in [0.5, 0.6) is 0 Å². The number of nitrogens with zero attached hydrogens (tertiary/aromatic N) is 2. The Morgan fingerprint density at radius 2 is 1.96 bits per heavy atom. The van der Waals surface area contributed by atoms with E-state index < -0.39 is 0 Å². The zero-order valence-corrected chi connectivity index (χ0v) is 12.7. The van der Waals surface area contributed by atoms with Gasteiger partial charge in [0.05, 0.1) is 18.6 Å². The molecule has 0 atom stereocenters. The average Bonchev–Trinajstić information content (AvgIpc) is 2.61. The molecule has 1 aliphatic heterocycles. The Morgan fingerprint density at radius 3 is 2.70 bits per heavy atom. The van der Waals surface area contributed by atoms with E-state index in [2.05, 4.69) is 5.10 Å². The topological polar surface area (TPSA) is 64.7 Å². The average molecular weight is 308 g/mol. The predicted molar refractivity (Wildman–Crippen MR) is 84.8 cm³/mol. The van der Waals surface area contributed by atoms with Gasteiger partial charge in [0, 0.05) is 12.0 Å². The van der Waals surface area contributed by atoms with Gasteiger partial charge < -0.3 is 9.84 Å². The van der Waals surface area contributed by atoms with Crippen molar-refractivity contribution in [3.8, 4) is 0 Å².